The Hall–Kier alpha value is -2.62. The summed E-state index contributed by atoms with van der Waals surface area (Å²) in [5, 5.41) is 7.62. The molecule has 0 heterocycles. The van der Waals surface area contributed by atoms with E-state index in [1.807, 2.05) is 13.8 Å². The van der Waals surface area contributed by atoms with Crippen molar-refractivity contribution in [2.75, 3.05) is 18.1 Å². The van der Waals surface area contributed by atoms with E-state index < -0.39 is 39.4 Å². The van der Waals surface area contributed by atoms with Crippen molar-refractivity contribution in [2.24, 2.45) is 5.92 Å². The Kier molecular flexibility index (Phi) is 8.83. The van der Waals surface area contributed by atoms with Gasteiger partial charge in [0.15, 0.2) is 9.84 Å². The lowest BCUT2D eigenvalue weighted by Crippen LogP contribution is -2.50. The van der Waals surface area contributed by atoms with Crippen LogP contribution in [0.15, 0.2) is 29.2 Å². The van der Waals surface area contributed by atoms with Crippen LogP contribution in [0.2, 0.25) is 0 Å². The van der Waals surface area contributed by atoms with Crippen molar-refractivity contribution in [1.29, 1.82) is 0 Å². The van der Waals surface area contributed by atoms with Gasteiger partial charge < -0.3 is 20.7 Å². The fourth-order valence-electron chi connectivity index (χ4n) is 2.47. The Balaban J connectivity index is 2.71. The Morgan fingerprint density at radius 1 is 1.07 bits per heavy atom. The number of ether oxygens (including phenoxy) is 1. The molecular weight excluding hydrogens is 410 g/mol. The maximum Gasteiger partial charge on any atom is 0.325 e. The van der Waals surface area contributed by atoms with Crippen LogP contribution in [0.25, 0.3) is 0 Å². The number of hydrogen-bond donors (Lipinski definition) is 3. The zero-order chi connectivity index (χ0) is 23.1. The van der Waals surface area contributed by atoms with Crippen LogP contribution in [0.5, 0.6) is 0 Å². The summed E-state index contributed by atoms with van der Waals surface area (Å²) in [4.78, 5) is 36.7. The van der Waals surface area contributed by atoms with E-state index in [4.69, 9.17) is 4.74 Å². The summed E-state index contributed by atoms with van der Waals surface area (Å²) < 4.78 is 28.1. The van der Waals surface area contributed by atoms with E-state index in [1.165, 1.54) is 24.3 Å². The number of amides is 3. The first kappa shape index (κ1) is 25.4. The number of urea groups is 1. The Morgan fingerprint density at radius 2 is 1.63 bits per heavy atom. The first-order valence-electron chi connectivity index (χ1n) is 9.54. The van der Waals surface area contributed by atoms with Gasteiger partial charge in [0.2, 0.25) is 5.91 Å². The number of hydrogen-bond acceptors (Lipinski definition) is 6. The summed E-state index contributed by atoms with van der Waals surface area (Å²) in [5.74, 6) is -0.969. The minimum Gasteiger partial charge on any atom is -0.459 e. The zero-order valence-electron chi connectivity index (χ0n) is 18.2. The maximum atomic E-state index is 12.5. The first-order valence-corrected chi connectivity index (χ1v) is 11.4. The average Bonchev–Trinajstić information content (AvgIpc) is 2.56. The molecule has 0 aliphatic heterocycles. The fourth-order valence-corrected chi connectivity index (χ4v) is 3.10. The summed E-state index contributed by atoms with van der Waals surface area (Å²) in [6, 6.07) is 4.18. The molecule has 1 rings (SSSR count). The molecular formula is C20H31N3O6S. The quantitative estimate of drug-likeness (QED) is 0.530. The molecule has 1 atom stereocenters. The lowest BCUT2D eigenvalue weighted by Gasteiger charge is -2.22. The van der Waals surface area contributed by atoms with Crippen LogP contribution in [-0.2, 0) is 24.2 Å². The molecule has 0 saturated heterocycles. The number of nitrogens with one attached hydrogen (secondary N) is 3. The molecule has 168 valence electrons. The highest BCUT2D eigenvalue weighted by atomic mass is 32.2. The molecule has 10 heteroatoms. The third-order valence-electron chi connectivity index (χ3n) is 3.70. The molecule has 0 fully saturated rings. The predicted molar refractivity (Wildman–Crippen MR) is 114 cm³/mol. The molecule has 0 saturated carbocycles. The molecule has 3 N–H and O–H groups in total. The summed E-state index contributed by atoms with van der Waals surface area (Å²) in [6.45, 7) is 8.67. The van der Waals surface area contributed by atoms with E-state index in [2.05, 4.69) is 16.0 Å². The van der Waals surface area contributed by atoms with Crippen molar-refractivity contribution >= 4 is 33.4 Å². The molecule has 0 aliphatic rings. The van der Waals surface area contributed by atoms with E-state index >= 15 is 0 Å². The van der Waals surface area contributed by atoms with Crippen molar-refractivity contribution < 1.29 is 27.5 Å². The molecule has 0 bridgehead atoms. The maximum absolute atomic E-state index is 12.5. The normalized spacial score (nSPS) is 12.8. The molecule has 1 aromatic rings. The van der Waals surface area contributed by atoms with E-state index in [0.29, 0.717) is 12.1 Å². The van der Waals surface area contributed by atoms with Crippen LogP contribution >= 0.6 is 0 Å². The van der Waals surface area contributed by atoms with Crippen LogP contribution in [-0.4, -0.2) is 50.8 Å². The van der Waals surface area contributed by atoms with Gasteiger partial charge >= 0.3 is 12.0 Å². The van der Waals surface area contributed by atoms with Gasteiger partial charge in [-0.3, -0.25) is 9.59 Å². The number of carbonyl (C=O) groups excluding carboxylic acids is 3. The fraction of sp³-hybridized carbons (Fsp3) is 0.550. The van der Waals surface area contributed by atoms with E-state index in [-0.39, 0.29) is 17.4 Å². The Labute approximate surface area is 177 Å². The molecule has 3 amide bonds. The van der Waals surface area contributed by atoms with Crippen molar-refractivity contribution in [2.45, 2.75) is 57.6 Å². The summed E-state index contributed by atoms with van der Waals surface area (Å²) in [6.07, 6.45) is 1.45. The highest BCUT2D eigenvalue weighted by molar-refractivity contribution is 7.90. The van der Waals surface area contributed by atoms with Gasteiger partial charge in [-0.15, -0.1) is 0 Å². The van der Waals surface area contributed by atoms with Crippen molar-refractivity contribution in [1.82, 2.24) is 10.6 Å². The largest absolute Gasteiger partial charge is 0.459 e. The zero-order valence-corrected chi connectivity index (χ0v) is 19.1. The van der Waals surface area contributed by atoms with Gasteiger partial charge in [0.25, 0.3) is 0 Å². The van der Waals surface area contributed by atoms with Crippen LogP contribution in [0.1, 0.15) is 41.0 Å². The van der Waals surface area contributed by atoms with Gasteiger partial charge in [0.05, 0.1) is 4.90 Å². The highest BCUT2D eigenvalue weighted by Crippen LogP contribution is 2.14. The van der Waals surface area contributed by atoms with Gasteiger partial charge in [-0.1, -0.05) is 13.8 Å². The highest BCUT2D eigenvalue weighted by Gasteiger charge is 2.24. The molecule has 9 nitrogen and oxygen atoms in total. The van der Waals surface area contributed by atoms with Crippen LogP contribution < -0.4 is 16.0 Å². The predicted octanol–water partition coefficient (Wildman–Crippen LogP) is 2.08. The third kappa shape index (κ3) is 9.73. The molecule has 30 heavy (non-hydrogen) atoms. The topological polar surface area (TPSA) is 131 Å². The first-order chi connectivity index (χ1) is 13.7. The second-order valence-electron chi connectivity index (χ2n) is 8.38. The van der Waals surface area contributed by atoms with E-state index in [0.717, 1.165) is 6.26 Å². The van der Waals surface area contributed by atoms with Crippen molar-refractivity contribution in [3.05, 3.63) is 24.3 Å². The smallest absolute Gasteiger partial charge is 0.325 e. The minimum atomic E-state index is -3.34. The van der Waals surface area contributed by atoms with Gasteiger partial charge in [-0.25, -0.2) is 13.2 Å². The lowest BCUT2D eigenvalue weighted by atomic mass is 10.0. The summed E-state index contributed by atoms with van der Waals surface area (Å²) in [7, 11) is -3.34. The second-order valence-corrected chi connectivity index (χ2v) is 10.4. The number of rotatable bonds is 8. The standard InChI is InChI=1S/C20H31N3O6S/c1-13(2)11-16(18(25)21-12-17(24)29-20(3,4)5)23-19(26)22-14-7-9-15(10-8-14)30(6,27)28/h7-10,13,16H,11-12H2,1-6H3,(H,21,25)(H2,22,23,26)/t16-/m0/s1. The third-order valence-corrected chi connectivity index (χ3v) is 4.82. The number of anilines is 1. The molecule has 0 aromatic heterocycles. The average molecular weight is 442 g/mol. The summed E-state index contributed by atoms with van der Waals surface area (Å²) in [5.41, 5.74) is -0.290. The van der Waals surface area contributed by atoms with Crippen molar-refractivity contribution in [3.8, 4) is 0 Å². The molecule has 0 aliphatic carbocycles. The van der Waals surface area contributed by atoms with Gasteiger partial charge in [-0.2, -0.15) is 0 Å². The minimum absolute atomic E-state index is 0.108. The SMILES string of the molecule is CC(C)C[C@H](NC(=O)Nc1ccc(S(C)(=O)=O)cc1)C(=O)NCC(=O)OC(C)(C)C. The van der Waals surface area contributed by atoms with Crippen molar-refractivity contribution in [3.63, 3.8) is 0 Å². The van der Waals surface area contributed by atoms with E-state index in [9.17, 15) is 22.8 Å². The number of carbonyl (C=O) groups is 3. The van der Waals surface area contributed by atoms with E-state index in [1.54, 1.807) is 20.8 Å². The van der Waals surface area contributed by atoms with Gasteiger partial charge in [0.1, 0.15) is 18.2 Å². The van der Waals surface area contributed by atoms with Crippen LogP contribution in [0.3, 0.4) is 0 Å². The van der Waals surface area contributed by atoms with Crippen LogP contribution in [0, 0.1) is 5.92 Å². The van der Waals surface area contributed by atoms with Gasteiger partial charge in [-0.05, 0) is 57.4 Å². The Morgan fingerprint density at radius 3 is 2.10 bits per heavy atom. The molecule has 0 radical (unpaired) electrons. The second kappa shape index (κ2) is 10.4. The molecule has 1 aromatic carbocycles. The molecule has 0 spiro atoms. The Bertz CT molecular complexity index is 858. The van der Waals surface area contributed by atoms with Gasteiger partial charge in [0, 0.05) is 11.9 Å². The number of sulfone groups is 1. The monoisotopic (exact) mass is 441 g/mol. The number of benzene rings is 1. The molecule has 0 unspecified atom stereocenters. The number of esters is 1. The van der Waals surface area contributed by atoms with Crippen LogP contribution in [0.4, 0.5) is 10.5 Å². The summed E-state index contributed by atoms with van der Waals surface area (Å²) >= 11 is 0. The lowest BCUT2D eigenvalue weighted by molar-refractivity contribution is -0.154.